The summed E-state index contributed by atoms with van der Waals surface area (Å²) in [5.41, 5.74) is 18.9. The van der Waals surface area contributed by atoms with Gasteiger partial charge in [-0.15, -0.1) is 0 Å². The van der Waals surface area contributed by atoms with Gasteiger partial charge >= 0.3 is 0 Å². The van der Waals surface area contributed by atoms with Crippen LogP contribution in [0.2, 0.25) is 0 Å². The predicted molar refractivity (Wildman–Crippen MR) is 239 cm³/mol. The van der Waals surface area contributed by atoms with Gasteiger partial charge in [-0.1, -0.05) is 24.3 Å². The third-order valence-electron chi connectivity index (χ3n) is 11.8. The Hall–Kier alpha value is -5.43. The van der Waals surface area contributed by atoms with Crippen molar-refractivity contribution in [1.82, 2.24) is 30.7 Å². The zero-order valence-electron chi connectivity index (χ0n) is 36.1. The summed E-state index contributed by atoms with van der Waals surface area (Å²) in [5.74, 6) is -1.07. The normalized spacial score (nSPS) is 16.8. The minimum Gasteiger partial charge on any atom is -0.370 e. The Morgan fingerprint density at radius 2 is 1.50 bits per heavy atom. The van der Waals surface area contributed by atoms with Crippen LogP contribution < -0.4 is 43.4 Å². The van der Waals surface area contributed by atoms with Gasteiger partial charge in [-0.25, -0.2) is 0 Å². The van der Waals surface area contributed by atoms with Crippen molar-refractivity contribution >= 4 is 58.5 Å². The monoisotopic (exact) mass is 859 g/mol. The van der Waals surface area contributed by atoms with E-state index in [1.807, 2.05) is 41.3 Å². The van der Waals surface area contributed by atoms with Gasteiger partial charge in [0.25, 0.3) is 5.91 Å². The van der Waals surface area contributed by atoms with Crippen molar-refractivity contribution in [2.45, 2.75) is 83.2 Å². The highest BCUT2D eigenvalue weighted by Gasteiger charge is 2.32. The Labute approximate surface area is 364 Å². The molecule has 338 valence electrons. The van der Waals surface area contributed by atoms with Gasteiger partial charge in [-0.3, -0.25) is 53.8 Å². The first-order valence-electron chi connectivity index (χ1n) is 22.1. The molecule has 0 spiro atoms. The van der Waals surface area contributed by atoms with E-state index in [9.17, 15) is 28.8 Å². The van der Waals surface area contributed by atoms with Gasteiger partial charge in [0.2, 0.25) is 29.5 Å². The van der Waals surface area contributed by atoms with E-state index in [1.54, 1.807) is 17.0 Å². The summed E-state index contributed by atoms with van der Waals surface area (Å²) in [5, 5.41) is 11.4. The smallest absolute Gasteiger partial charge is 0.257 e. The highest BCUT2D eigenvalue weighted by Crippen LogP contribution is 2.38. The SMILES string of the molecule is CC(=O)NC(=O)[C@H](CCCCN)NC(=O)[C@H](CCCN=C(N)N)NCCN1CCN(C(=O)CCCC2CCN(CC(=O)N3c4ccccc4NC(=O)c4ccccc43)CC2)CC1. The molecular formula is C44H66N12O6. The largest absolute Gasteiger partial charge is 0.370 e. The number of piperidine rings is 1. The van der Waals surface area contributed by atoms with Crippen LogP contribution in [0, 0.1) is 5.92 Å². The number of hydrogen-bond acceptors (Lipinski definition) is 11. The zero-order valence-corrected chi connectivity index (χ0v) is 36.1. The number of nitrogens with one attached hydrogen (secondary N) is 4. The van der Waals surface area contributed by atoms with Crippen LogP contribution in [0.5, 0.6) is 0 Å². The fourth-order valence-corrected chi connectivity index (χ4v) is 8.36. The average molecular weight is 859 g/mol. The summed E-state index contributed by atoms with van der Waals surface area (Å²) in [7, 11) is 0. The molecule has 2 atom stereocenters. The quantitative estimate of drug-likeness (QED) is 0.0532. The maximum absolute atomic E-state index is 13.9. The fraction of sp³-hybridized carbons (Fsp3) is 0.568. The maximum Gasteiger partial charge on any atom is 0.257 e. The fourth-order valence-electron chi connectivity index (χ4n) is 8.36. The molecule has 3 heterocycles. The highest BCUT2D eigenvalue weighted by atomic mass is 16.2. The lowest BCUT2D eigenvalue weighted by molar-refractivity contribution is -0.134. The zero-order chi connectivity index (χ0) is 44.4. The number of nitrogens with zero attached hydrogens (tertiary/aromatic N) is 5. The molecule has 3 aliphatic heterocycles. The number of aliphatic imine (C=N–C) groups is 1. The van der Waals surface area contributed by atoms with E-state index in [1.165, 1.54) is 6.92 Å². The van der Waals surface area contributed by atoms with E-state index < -0.39 is 23.9 Å². The van der Waals surface area contributed by atoms with Crippen molar-refractivity contribution in [2.75, 3.05) is 82.2 Å². The lowest BCUT2D eigenvalue weighted by atomic mass is 9.91. The molecule has 0 unspecified atom stereocenters. The van der Waals surface area contributed by atoms with Crippen molar-refractivity contribution in [3.8, 4) is 0 Å². The number of rotatable bonds is 21. The van der Waals surface area contributed by atoms with Gasteiger partial charge in [0.15, 0.2) is 5.96 Å². The van der Waals surface area contributed by atoms with Crippen LogP contribution in [0.4, 0.5) is 17.1 Å². The molecular weight excluding hydrogens is 793 g/mol. The molecule has 2 aromatic carbocycles. The second kappa shape index (κ2) is 24.3. The van der Waals surface area contributed by atoms with Gasteiger partial charge < -0.3 is 38.1 Å². The summed E-state index contributed by atoms with van der Waals surface area (Å²) >= 11 is 0. The molecule has 2 fully saturated rings. The van der Waals surface area contributed by atoms with Crippen LogP contribution in [-0.4, -0.2) is 140 Å². The third-order valence-corrected chi connectivity index (χ3v) is 11.8. The predicted octanol–water partition coefficient (Wildman–Crippen LogP) is 1.23. The topological polar surface area (TPSA) is 254 Å². The highest BCUT2D eigenvalue weighted by molar-refractivity contribution is 6.18. The number of para-hydroxylation sites is 3. The van der Waals surface area contributed by atoms with Crippen molar-refractivity contribution < 1.29 is 28.8 Å². The van der Waals surface area contributed by atoms with E-state index in [0.29, 0.717) is 106 Å². The van der Waals surface area contributed by atoms with Crippen molar-refractivity contribution in [2.24, 2.45) is 28.1 Å². The number of imide groups is 1. The number of fused-ring (bicyclic) bond motifs is 2. The minimum absolute atomic E-state index is 0.0253. The van der Waals surface area contributed by atoms with Gasteiger partial charge in [0.05, 0.1) is 35.2 Å². The molecule has 3 aliphatic rings. The van der Waals surface area contributed by atoms with Crippen LogP contribution in [0.3, 0.4) is 0 Å². The number of nitrogens with two attached hydrogens (primary N) is 3. The number of carbonyl (C=O) groups excluding carboxylic acids is 6. The van der Waals surface area contributed by atoms with E-state index in [0.717, 1.165) is 51.9 Å². The summed E-state index contributed by atoms with van der Waals surface area (Å²) in [6, 6.07) is 13.1. The number of carbonyl (C=O) groups is 6. The number of benzene rings is 2. The number of likely N-dealkylation sites (tertiary alicyclic amines) is 1. The lowest BCUT2D eigenvalue weighted by Crippen LogP contribution is -2.54. The minimum atomic E-state index is -0.872. The average Bonchev–Trinajstić information content (AvgIpc) is 3.38. The van der Waals surface area contributed by atoms with Gasteiger partial charge in [0, 0.05) is 59.2 Å². The second-order valence-electron chi connectivity index (χ2n) is 16.4. The summed E-state index contributed by atoms with van der Waals surface area (Å²) < 4.78 is 0. The Kier molecular flexibility index (Phi) is 18.6. The first-order chi connectivity index (χ1) is 29.9. The summed E-state index contributed by atoms with van der Waals surface area (Å²) in [4.78, 5) is 89.9. The van der Waals surface area contributed by atoms with E-state index in [2.05, 4.69) is 36.1 Å². The van der Waals surface area contributed by atoms with Crippen molar-refractivity contribution in [3.63, 3.8) is 0 Å². The molecule has 0 saturated carbocycles. The molecule has 0 bridgehead atoms. The standard InChI is InChI=1S/C44H66N12O6/c1-31(57)50-43(62)36(13-6-7-20-45)52-42(61)35(14-9-21-49-44(46)47)48-22-25-53-26-28-55(29-27-53)39(58)17-8-10-32-18-23-54(24-19-32)30-40(59)56-37-15-4-2-11-33(37)41(60)51-34-12-3-5-16-38(34)56/h2-5,11-12,15-16,32,35-36,48H,6-10,13-14,17-30,45H2,1H3,(H,51,60)(H,52,61)(H4,46,47,49)(H,50,57,62)/t35-,36-/m0/s1. The van der Waals surface area contributed by atoms with Gasteiger partial charge in [0.1, 0.15) is 6.04 Å². The van der Waals surface area contributed by atoms with E-state index >= 15 is 0 Å². The molecule has 2 saturated heterocycles. The number of anilines is 3. The second-order valence-corrected chi connectivity index (χ2v) is 16.4. The number of piperazine rings is 1. The van der Waals surface area contributed by atoms with E-state index in [-0.39, 0.29) is 36.1 Å². The molecule has 18 nitrogen and oxygen atoms in total. The Morgan fingerprint density at radius 1 is 0.806 bits per heavy atom. The molecule has 0 aliphatic carbocycles. The van der Waals surface area contributed by atoms with Crippen LogP contribution in [-0.2, 0) is 24.0 Å². The molecule has 5 rings (SSSR count). The van der Waals surface area contributed by atoms with E-state index in [4.69, 9.17) is 17.2 Å². The molecule has 18 heteroatoms. The van der Waals surface area contributed by atoms with Crippen LogP contribution in [0.25, 0.3) is 0 Å². The van der Waals surface area contributed by atoms with Crippen LogP contribution in [0.1, 0.15) is 81.5 Å². The van der Waals surface area contributed by atoms with Crippen molar-refractivity contribution in [3.05, 3.63) is 54.1 Å². The number of hydrogen-bond donors (Lipinski definition) is 7. The molecule has 2 aromatic rings. The molecule has 62 heavy (non-hydrogen) atoms. The van der Waals surface area contributed by atoms with Gasteiger partial charge in [-0.2, -0.15) is 0 Å². The Balaban J connectivity index is 1.01. The Bertz CT molecular complexity index is 1870. The molecule has 0 radical (unpaired) electrons. The van der Waals surface area contributed by atoms with Crippen LogP contribution >= 0.6 is 0 Å². The summed E-state index contributed by atoms with van der Waals surface area (Å²) in [6.45, 7) is 7.81. The summed E-state index contributed by atoms with van der Waals surface area (Å²) in [6.07, 6.45) is 6.85. The molecule has 0 aromatic heterocycles. The first kappa shape index (κ1) is 47.6. The Morgan fingerprint density at radius 3 is 2.21 bits per heavy atom. The third kappa shape index (κ3) is 14.3. The molecule has 10 N–H and O–H groups in total. The number of guanidine groups is 1. The first-order valence-corrected chi connectivity index (χ1v) is 22.1. The number of amides is 6. The number of unbranched alkanes of at least 4 members (excludes halogenated alkanes) is 1. The molecule has 6 amide bonds. The van der Waals surface area contributed by atoms with Crippen molar-refractivity contribution in [1.29, 1.82) is 0 Å². The van der Waals surface area contributed by atoms with Crippen LogP contribution in [0.15, 0.2) is 53.5 Å². The van der Waals surface area contributed by atoms with Gasteiger partial charge in [-0.05, 0) is 108 Å². The maximum atomic E-state index is 13.9. The lowest BCUT2D eigenvalue weighted by Gasteiger charge is -2.35.